The van der Waals surface area contributed by atoms with E-state index < -0.39 is 6.04 Å². The maximum atomic E-state index is 11.6. The summed E-state index contributed by atoms with van der Waals surface area (Å²) in [6, 6.07) is -0.399. The molecule has 5 heteroatoms. The average molecular weight is 231 g/mol. The predicted molar refractivity (Wildman–Crippen MR) is 63.7 cm³/mol. The van der Waals surface area contributed by atoms with Crippen molar-refractivity contribution in [2.75, 3.05) is 5.75 Å². The number of ketones is 1. The SMILES string of the molecule is CC(=O)[CH]NC(=O)C(CS)NC(C)(C)C. The van der Waals surface area contributed by atoms with Gasteiger partial charge in [0, 0.05) is 11.3 Å². The molecule has 0 saturated heterocycles. The third-order valence-electron chi connectivity index (χ3n) is 1.52. The second-order valence-electron chi connectivity index (χ2n) is 4.39. The van der Waals surface area contributed by atoms with Gasteiger partial charge < -0.3 is 10.6 Å². The van der Waals surface area contributed by atoms with Gasteiger partial charge in [0.2, 0.25) is 5.91 Å². The van der Waals surface area contributed by atoms with Crippen molar-refractivity contribution in [3.05, 3.63) is 6.54 Å². The topological polar surface area (TPSA) is 58.2 Å². The molecule has 0 saturated carbocycles. The van der Waals surface area contributed by atoms with E-state index in [4.69, 9.17) is 0 Å². The summed E-state index contributed by atoms with van der Waals surface area (Å²) in [5.74, 6) is -0.0402. The lowest BCUT2D eigenvalue weighted by molar-refractivity contribution is -0.124. The van der Waals surface area contributed by atoms with E-state index >= 15 is 0 Å². The molecule has 1 atom stereocenters. The number of carbonyl (C=O) groups excluding carboxylic acids is 2. The van der Waals surface area contributed by atoms with Crippen LogP contribution in [-0.2, 0) is 9.59 Å². The van der Waals surface area contributed by atoms with Crippen molar-refractivity contribution in [3.63, 3.8) is 0 Å². The maximum Gasteiger partial charge on any atom is 0.238 e. The van der Waals surface area contributed by atoms with E-state index in [-0.39, 0.29) is 17.2 Å². The molecule has 0 aliphatic rings. The van der Waals surface area contributed by atoms with Crippen LogP contribution in [0, 0.1) is 6.54 Å². The number of thiol groups is 1. The molecule has 87 valence electrons. The molecule has 1 amide bonds. The Morgan fingerprint density at radius 1 is 1.40 bits per heavy atom. The van der Waals surface area contributed by atoms with Crippen molar-refractivity contribution in [1.29, 1.82) is 0 Å². The summed E-state index contributed by atoms with van der Waals surface area (Å²) in [6.45, 7) is 8.43. The molecule has 0 aromatic carbocycles. The molecule has 0 heterocycles. The highest BCUT2D eigenvalue weighted by Crippen LogP contribution is 2.02. The first-order valence-electron chi connectivity index (χ1n) is 4.79. The van der Waals surface area contributed by atoms with Crippen molar-refractivity contribution in [2.45, 2.75) is 39.3 Å². The zero-order valence-corrected chi connectivity index (χ0v) is 10.5. The summed E-state index contributed by atoms with van der Waals surface area (Å²) < 4.78 is 0. The van der Waals surface area contributed by atoms with Crippen LogP contribution < -0.4 is 10.6 Å². The Kier molecular flexibility index (Phi) is 5.90. The lowest BCUT2D eigenvalue weighted by Gasteiger charge is -2.26. The van der Waals surface area contributed by atoms with Crippen LogP contribution in [0.4, 0.5) is 0 Å². The summed E-state index contributed by atoms with van der Waals surface area (Å²) in [5.41, 5.74) is -0.166. The van der Waals surface area contributed by atoms with Gasteiger partial charge in [0.25, 0.3) is 0 Å². The Balaban J connectivity index is 4.17. The molecule has 0 rings (SSSR count). The Labute approximate surface area is 96.6 Å². The van der Waals surface area contributed by atoms with Crippen molar-refractivity contribution >= 4 is 24.3 Å². The van der Waals surface area contributed by atoms with E-state index in [9.17, 15) is 9.59 Å². The molecule has 0 bridgehead atoms. The maximum absolute atomic E-state index is 11.6. The molecule has 0 aromatic heterocycles. The van der Waals surface area contributed by atoms with Gasteiger partial charge in [-0.3, -0.25) is 9.59 Å². The molecule has 1 radical (unpaired) electrons. The van der Waals surface area contributed by atoms with Crippen LogP contribution >= 0.6 is 12.6 Å². The first-order valence-corrected chi connectivity index (χ1v) is 5.42. The van der Waals surface area contributed by atoms with E-state index in [0.717, 1.165) is 6.54 Å². The molecule has 0 aliphatic heterocycles. The predicted octanol–water partition coefficient (Wildman–Crippen LogP) is 0.540. The van der Waals surface area contributed by atoms with E-state index in [2.05, 4.69) is 23.3 Å². The van der Waals surface area contributed by atoms with E-state index in [1.165, 1.54) is 6.92 Å². The number of nitrogens with one attached hydrogen (secondary N) is 2. The lowest BCUT2D eigenvalue weighted by Crippen LogP contribution is -2.52. The number of hydrogen-bond acceptors (Lipinski definition) is 4. The summed E-state index contributed by atoms with van der Waals surface area (Å²) in [4.78, 5) is 22.2. The minimum atomic E-state index is -0.399. The Bertz CT molecular complexity index is 236. The van der Waals surface area contributed by atoms with Gasteiger partial charge in [-0.25, -0.2) is 0 Å². The third kappa shape index (κ3) is 7.39. The van der Waals surface area contributed by atoms with Gasteiger partial charge in [0.15, 0.2) is 5.78 Å². The minimum Gasteiger partial charge on any atom is -0.342 e. The van der Waals surface area contributed by atoms with Crippen LogP contribution in [0.3, 0.4) is 0 Å². The largest absolute Gasteiger partial charge is 0.342 e. The molecule has 0 spiro atoms. The van der Waals surface area contributed by atoms with Crippen molar-refractivity contribution in [2.24, 2.45) is 0 Å². The van der Waals surface area contributed by atoms with E-state index in [0.29, 0.717) is 5.75 Å². The molecule has 1 unspecified atom stereocenters. The molecule has 4 nitrogen and oxygen atoms in total. The second-order valence-corrected chi connectivity index (χ2v) is 4.76. The number of rotatable bonds is 5. The van der Waals surface area contributed by atoms with Crippen LogP contribution in [0.2, 0.25) is 0 Å². The lowest BCUT2D eigenvalue weighted by atomic mass is 10.1. The standard InChI is InChI=1S/C10H19N2O2S/c1-7(13)5-11-9(14)8(6-15)12-10(2,3)4/h5,8,12,15H,6H2,1-4H3,(H,11,14). The average Bonchev–Trinajstić information content (AvgIpc) is 2.08. The normalized spacial score (nSPS) is 13.4. The van der Waals surface area contributed by atoms with Gasteiger partial charge in [0.1, 0.15) is 6.54 Å². The minimum absolute atomic E-state index is 0.166. The molecule has 15 heavy (non-hydrogen) atoms. The molecule has 2 N–H and O–H groups in total. The number of carbonyl (C=O) groups is 2. The second kappa shape index (κ2) is 6.12. The quantitative estimate of drug-likeness (QED) is 0.605. The molecular weight excluding hydrogens is 212 g/mol. The summed E-state index contributed by atoms with van der Waals surface area (Å²) in [6.07, 6.45) is 0. The van der Waals surface area contributed by atoms with Crippen molar-refractivity contribution < 1.29 is 9.59 Å². The fourth-order valence-corrected chi connectivity index (χ4v) is 1.25. The fraction of sp³-hybridized carbons (Fsp3) is 0.700. The van der Waals surface area contributed by atoms with Gasteiger partial charge in [0.05, 0.1) is 6.04 Å². The van der Waals surface area contributed by atoms with Gasteiger partial charge in [-0.15, -0.1) is 0 Å². The summed E-state index contributed by atoms with van der Waals surface area (Å²) in [5, 5.41) is 5.54. The van der Waals surface area contributed by atoms with Gasteiger partial charge in [-0.05, 0) is 27.7 Å². The van der Waals surface area contributed by atoms with Crippen molar-refractivity contribution in [3.8, 4) is 0 Å². The number of amides is 1. The molecule has 0 fully saturated rings. The van der Waals surface area contributed by atoms with Gasteiger partial charge in [-0.2, -0.15) is 12.6 Å². The first-order chi connectivity index (χ1) is 6.76. The Hall–Kier alpha value is -0.550. The highest BCUT2D eigenvalue weighted by Gasteiger charge is 2.22. The Morgan fingerprint density at radius 2 is 1.93 bits per heavy atom. The summed E-state index contributed by atoms with van der Waals surface area (Å²) in [7, 11) is 0. The number of Topliss-reactive ketones (excluding diaryl/α,β-unsaturated/α-hetero) is 1. The highest BCUT2D eigenvalue weighted by molar-refractivity contribution is 7.80. The number of hydrogen-bond donors (Lipinski definition) is 3. The van der Waals surface area contributed by atoms with Gasteiger partial charge in [-0.1, -0.05) is 0 Å². The van der Waals surface area contributed by atoms with Crippen molar-refractivity contribution in [1.82, 2.24) is 10.6 Å². The molecule has 0 aliphatic carbocycles. The van der Waals surface area contributed by atoms with Crippen LogP contribution in [0.15, 0.2) is 0 Å². The van der Waals surface area contributed by atoms with E-state index in [1.54, 1.807) is 0 Å². The highest BCUT2D eigenvalue weighted by atomic mass is 32.1. The Morgan fingerprint density at radius 3 is 2.27 bits per heavy atom. The smallest absolute Gasteiger partial charge is 0.238 e. The molecule has 0 aromatic rings. The summed E-state index contributed by atoms with van der Waals surface area (Å²) >= 11 is 4.09. The van der Waals surface area contributed by atoms with Gasteiger partial charge >= 0.3 is 0 Å². The van der Waals surface area contributed by atoms with Crippen LogP contribution in [0.5, 0.6) is 0 Å². The first kappa shape index (κ1) is 14.5. The van der Waals surface area contributed by atoms with Crippen LogP contribution in [-0.4, -0.2) is 29.0 Å². The monoisotopic (exact) mass is 231 g/mol. The molecular formula is C10H19N2O2S. The van der Waals surface area contributed by atoms with Crippen LogP contribution in [0.25, 0.3) is 0 Å². The zero-order valence-electron chi connectivity index (χ0n) is 9.63. The van der Waals surface area contributed by atoms with Crippen LogP contribution in [0.1, 0.15) is 27.7 Å². The third-order valence-corrected chi connectivity index (χ3v) is 1.89. The van der Waals surface area contributed by atoms with E-state index in [1.807, 2.05) is 20.8 Å². The fourth-order valence-electron chi connectivity index (χ4n) is 0.990. The zero-order chi connectivity index (χ0) is 12.1.